The maximum atomic E-state index is 14.2. The second-order valence-electron chi connectivity index (χ2n) is 13.1. The van der Waals surface area contributed by atoms with Crippen molar-refractivity contribution in [2.75, 3.05) is 0 Å². The van der Waals surface area contributed by atoms with E-state index in [9.17, 15) is 24.3 Å². The lowest BCUT2D eigenvalue weighted by Crippen LogP contribution is -2.65. The number of aromatic nitrogens is 2. The van der Waals surface area contributed by atoms with E-state index >= 15 is 0 Å². The molecule has 12 heteroatoms. The number of imide groups is 1. The Bertz CT molecular complexity index is 1270. The number of carbonyl (C=O) groups excluding carboxylic acids is 4. The quantitative estimate of drug-likeness (QED) is 0.257. The number of carbonyl (C=O) groups is 4. The third-order valence-corrected chi connectivity index (χ3v) is 7.93. The second kappa shape index (κ2) is 15.5. The SMILES string of the molecule is CC(C)OC(=O)C(O)(C1CCCCC1)[C@H](C)NC(=O)[C@H](Cc1c[nH]cn1)N(C(=O)OC(C)(C)C)C(=O)[C@@H](N)Cc1ccccc1. The molecule has 0 spiro atoms. The molecular weight excluding hydrogens is 578 g/mol. The number of esters is 1. The highest BCUT2D eigenvalue weighted by molar-refractivity contribution is 6.00. The fraction of sp³-hybridized carbons (Fsp3) is 0.606. The van der Waals surface area contributed by atoms with Crippen molar-refractivity contribution >= 4 is 23.9 Å². The summed E-state index contributed by atoms with van der Waals surface area (Å²) in [6.07, 6.45) is 5.13. The lowest BCUT2D eigenvalue weighted by atomic mass is 9.73. The Balaban J connectivity index is 2.01. The van der Waals surface area contributed by atoms with Gasteiger partial charge in [0, 0.05) is 18.5 Å². The molecule has 0 saturated heterocycles. The maximum Gasteiger partial charge on any atom is 0.417 e. The van der Waals surface area contributed by atoms with Gasteiger partial charge < -0.3 is 30.6 Å². The summed E-state index contributed by atoms with van der Waals surface area (Å²) in [4.78, 5) is 63.0. The number of H-pyrrole nitrogens is 1. The third-order valence-electron chi connectivity index (χ3n) is 7.93. The number of amides is 3. The van der Waals surface area contributed by atoms with E-state index in [2.05, 4.69) is 15.3 Å². The molecule has 0 aliphatic heterocycles. The van der Waals surface area contributed by atoms with Crippen LogP contribution in [-0.2, 0) is 36.7 Å². The number of ether oxygens (including phenoxy) is 2. The number of hydrogen-bond donors (Lipinski definition) is 4. The minimum atomic E-state index is -2.04. The standard InChI is InChI=1S/C33H49N5O7/c1-21(2)44-30(41)33(43,24-15-11-8-12-16-24)22(3)37-28(39)27(18-25-19-35-20-36-25)38(31(42)45-32(4,5)6)29(40)26(34)17-23-13-9-7-10-14-23/h7,9-10,13-14,19-22,24,26-27,43H,8,11-12,15-18,34H2,1-6H3,(H,35,36)(H,37,39)/t22-,26-,27-,33?/m0/s1. The molecule has 2 aromatic rings. The molecule has 1 heterocycles. The Labute approximate surface area is 265 Å². The van der Waals surface area contributed by atoms with Gasteiger partial charge in [0.25, 0.3) is 0 Å². The smallest absolute Gasteiger partial charge is 0.417 e. The molecule has 0 radical (unpaired) electrons. The molecule has 3 rings (SSSR count). The van der Waals surface area contributed by atoms with Gasteiger partial charge in [-0.1, -0.05) is 49.6 Å². The molecule has 1 fully saturated rings. The summed E-state index contributed by atoms with van der Waals surface area (Å²) in [6.45, 7) is 9.84. The van der Waals surface area contributed by atoms with Gasteiger partial charge in [0.2, 0.25) is 11.8 Å². The van der Waals surface area contributed by atoms with Crippen LogP contribution in [0.25, 0.3) is 0 Å². The number of benzene rings is 1. The topological polar surface area (TPSA) is 177 Å². The molecular formula is C33H49N5O7. The van der Waals surface area contributed by atoms with E-state index in [1.165, 1.54) is 13.3 Å². The normalized spacial score (nSPS) is 17.4. The Hall–Kier alpha value is -3.77. The van der Waals surface area contributed by atoms with Gasteiger partial charge >= 0.3 is 12.1 Å². The molecule has 5 N–H and O–H groups in total. The summed E-state index contributed by atoms with van der Waals surface area (Å²) in [5.74, 6) is -2.90. The lowest BCUT2D eigenvalue weighted by Gasteiger charge is -2.41. The number of aliphatic hydroxyl groups is 1. The van der Waals surface area contributed by atoms with Crippen molar-refractivity contribution in [3.05, 3.63) is 54.1 Å². The van der Waals surface area contributed by atoms with E-state index < -0.39 is 65.2 Å². The molecule has 1 aromatic carbocycles. The Kier molecular flexibility index (Phi) is 12.3. The molecule has 1 aliphatic carbocycles. The highest BCUT2D eigenvalue weighted by Crippen LogP contribution is 2.36. The molecule has 1 aromatic heterocycles. The average Bonchev–Trinajstić information content (AvgIpc) is 3.49. The largest absolute Gasteiger partial charge is 0.461 e. The zero-order chi connectivity index (χ0) is 33.4. The van der Waals surface area contributed by atoms with Crippen LogP contribution in [0.2, 0.25) is 0 Å². The van der Waals surface area contributed by atoms with Crippen molar-refractivity contribution in [1.82, 2.24) is 20.2 Å². The summed E-state index contributed by atoms with van der Waals surface area (Å²) < 4.78 is 11.1. The van der Waals surface area contributed by atoms with E-state index in [-0.39, 0.29) is 12.8 Å². The van der Waals surface area contributed by atoms with E-state index in [0.29, 0.717) is 18.5 Å². The predicted molar refractivity (Wildman–Crippen MR) is 168 cm³/mol. The first-order chi connectivity index (χ1) is 21.1. The van der Waals surface area contributed by atoms with Crippen LogP contribution < -0.4 is 11.1 Å². The van der Waals surface area contributed by atoms with Crippen LogP contribution in [-0.4, -0.2) is 79.3 Å². The Morgan fingerprint density at radius 3 is 2.27 bits per heavy atom. The highest BCUT2D eigenvalue weighted by Gasteiger charge is 2.51. The number of imidazole rings is 1. The van der Waals surface area contributed by atoms with E-state index in [1.807, 2.05) is 30.3 Å². The molecule has 248 valence electrons. The van der Waals surface area contributed by atoms with Gasteiger partial charge in [0.1, 0.15) is 11.6 Å². The van der Waals surface area contributed by atoms with Gasteiger partial charge in [-0.15, -0.1) is 0 Å². The summed E-state index contributed by atoms with van der Waals surface area (Å²) in [5.41, 5.74) is 4.49. The molecule has 0 bridgehead atoms. The maximum absolute atomic E-state index is 14.2. The van der Waals surface area contributed by atoms with Gasteiger partial charge in [-0.2, -0.15) is 0 Å². The van der Waals surface area contributed by atoms with Crippen molar-refractivity contribution in [2.24, 2.45) is 11.7 Å². The molecule has 1 saturated carbocycles. The van der Waals surface area contributed by atoms with Gasteiger partial charge in [-0.3, -0.25) is 9.59 Å². The molecule has 4 atom stereocenters. The first-order valence-electron chi connectivity index (χ1n) is 15.7. The van der Waals surface area contributed by atoms with Crippen LogP contribution in [0.5, 0.6) is 0 Å². The Morgan fingerprint density at radius 1 is 1.07 bits per heavy atom. The van der Waals surface area contributed by atoms with Gasteiger partial charge in [0.05, 0.1) is 30.2 Å². The fourth-order valence-electron chi connectivity index (χ4n) is 5.69. The summed E-state index contributed by atoms with van der Waals surface area (Å²) in [6, 6.07) is 5.28. The van der Waals surface area contributed by atoms with Crippen molar-refractivity contribution in [1.29, 1.82) is 0 Å². The zero-order valence-corrected chi connectivity index (χ0v) is 27.2. The highest BCUT2D eigenvalue weighted by atomic mass is 16.6. The van der Waals surface area contributed by atoms with E-state index in [0.717, 1.165) is 29.7 Å². The molecule has 3 amide bonds. The van der Waals surface area contributed by atoms with Crippen molar-refractivity contribution in [3.8, 4) is 0 Å². The summed E-state index contributed by atoms with van der Waals surface area (Å²) in [7, 11) is 0. The predicted octanol–water partition coefficient (Wildman–Crippen LogP) is 3.42. The van der Waals surface area contributed by atoms with Gasteiger partial charge in [-0.25, -0.2) is 19.5 Å². The van der Waals surface area contributed by atoms with Gasteiger partial charge in [0.15, 0.2) is 5.60 Å². The molecule has 12 nitrogen and oxygen atoms in total. The zero-order valence-electron chi connectivity index (χ0n) is 27.2. The number of nitrogens with two attached hydrogens (primary N) is 1. The number of aromatic amines is 1. The fourth-order valence-corrected chi connectivity index (χ4v) is 5.69. The van der Waals surface area contributed by atoms with E-state index in [4.69, 9.17) is 15.2 Å². The van der Waals surface area contributed by atoms with Crippen LogP contribution in [0.4, 0.5) is 4.79 Å². The first kappa shape index (κ1) is 35.7. The van der Waals surface area contributed by atoms with Crippen LogP contribution in [0.3, 0.4) is 0 Å². The average molecular weight is 628 g/mol. The minimum Gasteiger partial charge on any atom is -0.461 e. The number of hydrogen-bond acceptors (Lipinski definition) is 9. The van der Waals surface area contributed by atoms with Crippen LogP contribution in [0.1, 0.15) is 84.9 Å². The van der Waals surface area contributed by atoms with Crippen molar-refractivity contribution in [3.63, 3.8) is 0 Å². The Morgan fingerprint density at radius 2 is 1.71 bits per heavy atom. The third kappa shape index (κ3) is 9.61. The van der Waals surface area contributed by atoms with Gasteiger partial charge in [-0.05, 0) is 66.4 Å². The minimum absolute atomic E-state index is 0.106. The van der Waals surface area contributed by atoms with Crippen LogP contribution in [0, 0.1) is 5.92 Å². The molecule has 1 aliphatic rings. The number of nitrogens with one attached hydrogen (secondary N) is 2. The molecule has 45 heavy (non-hydrogen) atoms. The number of rotatable bonds is 12. The van der Waals surface area contributed by atoms with Crippen LogP contribution in [0.15, 0.2) is 42.9 Å². The lowest BCUT2D eigenvalue weighted by molar-refractivity contribution is -0.182. The van der Waals surface area contributed by atoms with Crippen molar-refractivity contribution < 1.29 is 33.8 Å². The molecule has 1 unspecified atom stereocenters. The summed E-state index contributed by atoms with van der Waals surface area (Å²) >= 11 is 0. The first-order valence-corrected chi connectivity index (χ1v) is 15.7. The van der Waals surface area contributed by atoms with Crippen LogP contribution >= 0.6 is 0 Å². The number of nitrogens with zero attached hydrogens (tertiary/aromatic N) is 2. The second-order valence-corrected chi connectivity index (χ2v) is 13.1. The summed E-state index contributed by atoms with van der Waals surface area (Å²) in [5, 5.41) is 14.7. The monoisotopic (exact) mass is 627 g/mol. The van der Waals surface area contributed by atoms with Crippen molar-refractivity contribution in [2.45, 2.75) is 122 Å². The van der Waals surface area contributed by atoms with E-state index in [1.54, 1.807) is 40.8 Å².